The normalized spacial score (nSPS) is 26.4. The van der Waals surface area contributed by atoms with E-state index in [-0.39, 0.29) is 11.2 Å². The molecule has 1 unspecified atom stereocenters. The van der Waals surface area contributed by atoms with Gasteiger partial charge in [-0.15, -0.1) is 0 Å². The Balaban J connectivity index is 1.56. The monoisotopic (exact) mass is 304 g/mol. The van der Waals surface area contributed by atoms with Crippen molar-refractivity contribution in [2.45, 2.75) is 51.9 Å². The maximum Gasteiger partial charge on any atom is 0.171 e. The Morgan fingerprint density at radius 3 is 2.55 bits per heavy atom. The molecule has 122 valence electrons. The predicted molar refractivity (Wildman–Crippen MR) is 86.5 cm³/mol. The molecule has 0 aromatic heterocycles. The average Bonchev–Trinajstić information content (AvgIpc) is 2.96. The lowest BCUT2D eigenvalue weighted by molar-refractivity contribution is -0.244. The molecule has 1 saturated carbocycles. The molecule has 22 heavy (non-hydrogen) atoms. The lowest BCUT2D eigenvalue weighted by atomic mass is 9.64. The van der Waals surface area contributed by atoms with Crippen molar-refractivity contribution in [2.24, 2.45) is 11.3 Å². The molecule has 1 heterocycles. The third-order valence-electron chi connectivity index (χ3n) is 5.26. The van der Waals surface area contributed by atoms with Crippen molar-refractivity contribution in [1.29, 1.82) is 0 Å². The number of rotatable bonds is 5. The quantitative estimate of drug-likeness (QED) is 0.764. The summed E-state index contributed by atoms with van der Waals surface area (Å²) in [6, 6.07) is 10.4. The summed E-state index contributed by atoms with van der Waals surface area (Å²) >= 11 is 0. The molecule has 1 spiro atoms. The van der Waals surface area contributed by atoms with Crippen LogP contribution in [0.1, 0.15) is 45.1 Å². The Kier molecular flexibility index (Phi) is 4.86. The lowest BCUT2D eigenvalue weighted by Crippen LogP contribution is -2.50. The van der Waals surface area contributed by atoms with Crippen LogP contribution in [0.5, 0.6) is 0 Å². The van der Waals surface area contributed by atoms with E-state index in [9.17, 15) is 0 Å². The van der Waals surface area contributed by atoms with Crippen LogP contribution in [0.15, 0.2) is 30.3 Å². The highest BCUT2D eigenvalue weighted by Crippen LogP contribution is 2.51. The molecule has 0 bridgehead atoms. The van der Waals surface area contributed by atoms with E-state index in [0.717, 1.165) is 32.7 Å². The van der Waals surface area contributed by atoms with E-state index in [2.05, 4.69) is 38.1 Å². The van der Waals surface area contributed by atoms with Crippen LogP contribution >= 0.6 is 0 Å². The van der Waals surface area contributed by atoms with Gasteiger partial charge in [0.05, 0.1) is 19.8 Å². The fourth-order valence-electron chi connectivity index (χ4n) is 4.13. The van der Waals surface area contributed by atoms with Crippen LogP contribution in [0, 0.1) is 11.3 Å². The van der Waals surface area contributed by atoms with Gasteiger partial charge in [-0.2, -0.15) is 0 Å². The van der Waals surface area contributed by atoms with Gasteiger partial charge in [-0.1, -0.05) is 44.2 Å². The highest BCUT2D eigenvalue weighted by Gasteiger charge is 2.52. The van der Waals surface area contributed by atoms with Crippen molar-refractivity contribution in [3.05, 3.63) is 35.9 Å². The van der Waals surface area contributed by atoms with E-state index < -0.39 is 0 Å². The molecular weight excluding hydrogens is 276 g/mol. The molecule has 0 amide bonds. The van der Waals surface area contributed by atoms with Crippen LogP contribution in [-0.2, 0) is 20.8 Å². The molecule has 2 aliphatic rings. The average molecular weight is 304 g/mol. The fraction of sp³-hybridized carbons (Fsp3) is 0.684. The van der Waals surface area contributed by atoms with E-state index in [4.69, 9.17) is 14.2 Å². The standard InChI is InChI=1S/C19H28O3/c1-18(2)10-6-11-19(21-13-14-22-19)17(18)9-12-20-15-16-7-4-3-5-8-16/h3-5,7-8,17H,6,9-15H2,1-2H3. The molecule has 3 heteroatoms. The molecule has 1 aliphatic heterocycles. The first-order valence-corrected chi connectivity index (χ1v) is 8.52. The maximum absolute atomic E-state index is 6.07. The third kappa shape index (κ3) is 3.37. The molecular formula is C19H28O3. The van der Waals surface area contributed by atoms with Crippen LogP contribution in [-0.4, -0.2) is 25.6 Å². The van der Waals surface area contributed by atoms with Gasteiger partial charge in [0.15, 0.2) is 5.79 Å². The number of hydrogen-bond acceptors (Lipinski definition) is 3. The first-order valence-electron chi connectivity index (χ1n) is 8.52. The Hall–Kier alpha value is -0.900. The van der Waals surface area contributed by atoms with Crippen molar-refractivity contribution in [3.8, 4) is 0 Å². The molecule has 1 aromatic carbocycles. The van der Waals surface area contributed by atoms with E-state index >= 15 is 0 Å². The second-order valence-corrected chi connectivity index (χ2v) is 7.23. The zero-order chi connectivity index (χ0) is 15.5. The minimum absolute atomic E-state index is 0.249. The SMILES string of the molecule is CC1(C)CCCC2(OCCO2)C1CCOCc1ccccc1. The Morgan fingerprint density at radius 2 is 1.82 bits per heavy atom. The summed E-state index contributed by atoms with van der Waals surface area (Å²) in [4.78, 5) is 0. The highest BCUT2D eigenvalue weighted by atomic mass is 16.7. The second-order valence-electron chi connectivity index (χ2n) is 7.23. The smallest absolute Gasteiger partial charge is 0.171 e. The van der Waals surface area contributed by atoms with Gasteiger partial charge in [0, 0.05) is 18.9 Å². The van der Waals surface area contributed by atoms with E-state index in [1.165, 1.54) is 18.4 Å². The minimum Gasteiger partial charge on any atom is -0.377 e. The third-order valence-corrected chi connectivity index (χ3v) is 5.26. The summed E-state index contributed by atoms with van der Waals surface area (Å²) in [5.74, 6) is 0.0599. The van der Waals surface area contributed by atoms with Crippen LogP contribution in [0.3, 0.4) is 0 Å². The van der Waals surface area contributed by atoms with Crippen LogP contribution in [0.2, 0.25) is 0 Å². The topological polar surface area (TPSA) is 27.7 Å². The van der Waals surface area contributed by atoms with Crippen molar-refractivity contribution in [1.82, 2.24) is 0 Å². The lowest BCUT2D eigenvalue weighted by Gasteiger charge is -2.49. The Labute approximate surface area is 134 Å². The molecule has 0 N–H and O–H groups in total. The van der Waals surface area contributed by atoms with Crippen molar-refractivity contribution < 1.29 is 14.2 Å². The largest absolute Gasteiger partial charge is 0.377 e. The zero-order valence-corrected chi connectivity index (χ0v) is 13.8. The number of benzene rings is 1. The molecule has 1 aliphatic carbocycles. The molecule has 2 fully saturated rings. The number of ether oxygens (including phenoxy) is 3. The second kappa shape index (κ2) is 6.69. The van der Waals surface area contributed by atoms with Crippen LogP contribution in [0.4, 0.5) is 0 Å². The summed E-state index contributed by atoms with van der Waals surface area (Å²) in [7, 11) is 0. The Morgan fingerprint density at radius 1 is 1.09 bits per heavy atom. The van der Waals surface area contributed by atoms with E-state index in [1.807, 2.05) is 6.07 Å². The van der Waals surface area contributed by atoms with E-state index in [0.29, 0.717) is 12.5 Å². The van der Waals surface area contributed by atoms with Crippen molar-refractivity contribution in [2.75, 3.05) is 19.8 Å². The molecule has 0 radical (unpaired) electrons. The van der Waals surface area contributed by atoms with Gasteiger partial charge in [0.1, 0.15) is 0 Å². The zero-order valence-electron chi connectivity index (χ0n) is 13.8. The molecule has 3 nitrogen and oxygen atoms in total. The first-order chi connectivity index (χ1) is 10.6. The number of hydrogen-bond donors (Lipinski definition) is 0. The molecule has 3 rings (SSSR count). The maximum atomic E-state index is 6.07. The first kappa shape index (κ1) is 16.0. The minimum atomic E-state index is -0.349. The fourth-order valence-corrected chi connectivity index (χ4v) is 4.13. The molecule has 1 atom stereocenters. The van der Waals surface area contributed by atoms with Crippen LogP contribution < -0.4 is 0 Å². The predicted octanol–water partition coefficient (Wildman–Crippen LogP) is 4.16. The van der Waals surface area contributed by atoms with Gasteiger partial charge in [-0.25, -0.2) is 0 Å². The van der Waals surface area contributed by atoms with Crippen molar-refractivity contribution in [3.63, 3.8) is 0 Å². The van der Waals surface area contributed by atoms with E-state index in [1.54, 1.807) is 0 Å². The summed E-state index contributed by atoms with van der Waals surface area (Å²) in [5, 5.41) is 0. The summed E-state index contributed by atoms with van der Waals surface area (Å²) < 4.78 is 18.0. The van der Waals surface area contributed by atoms with Gasteiger partial charge in [0.25, 0.3) is 0 Å². The molecule has 1 saturated heterocycles. The van der Waals surface area contributed by atoms with Gasteiger partial charge in [-0.05, 0) is 30.2 Å². The Bertz CT molecular complexity index is 463. The van der Waals surface area contributed by atoms with Gasteiger partial charge in [0.2, 0.25) is 0 Å². The summed E-state index contributed by atoms with van der Waals surface area (Å²) in [6.07, 6.45) is 4.46. The van der Waals surface area contributed by atoms with Gasteiger partial charge >= 0.3 is 0 Å². The molecule has 1 aromatic rings. The summed E-state index contributed by atoms with van der Waals surface area (Å²) in [5.41, 5.74) is 1.48. The highest BCUT2D eigenvalue weighted by molar-refractivity contribution is 5.13. The summed E-state index contributed by atoms with van der Waals surface area (Å²) in [6.45, 7) is 7.61. The van der Waals surface area contributed by atoms with Gasteiger partial charge in [-0.3, -0.25) is 0 Å². The van der Waals surface area contributed by atoms with Crippen molar-refractivity contribution >= 4 is 0 Å². The van der Waals surface area contributed by atoms with Gasteiger partial charge < -0.3 is 14.2 Å². The van der Waals surface area contributed by atoms with Crippen LogP contribution in [0.25, 0.3) is 0 Å².